The van der Waals surface area contributed by atoms with Crippen molar-refractivity contribution in [3.8, 4) is 6.07 Å². The first-order valence-electron chi connectivity index (χ1n) is 9.34. The summed E-state index contributed by atoms with van der Waals surface area (Å²) in [6.45, 7) is 3.91. The van der Waals surface area contributed by atoms with E-state index in [2.05, 4.69) is 30.7 Å². The van der Waals surface area contributed by atoms with E-state index in [1.165, 1.54) is 42.4 Å². The van der Waals surface area contributed by atoms with Gasteiger partial charge in [0.1, 0.15) is 5.01 Å². The number of carbonyl (C=O) groups excluding carboxylic acids is 1. The highest BCUT2D eigenvalue weighted by atomic mass is 32.2. The monoisotopic (exact) mass is 402 g/mol. The van der Waals surface area contributed by atoms with Gasteiger partial charge in [-0.25, -0.2) is 4.98 Å². The van der Waals surface area contributed by atoms with Gasteiger partial charge >= 0.3 is 0 Å². The van der Waals surface area contributed by atoms with Crippen molar-refractivity contribution in [1.82, 2.24) is 19.7 Å². The van der Waals surface area contributed by atoms with Crippen molar-refractivity contribution in [2.45, 2.75) is 56.1 Å². The minimum Gasteiger partial charge on any atom is -0.341 e. The predicted molar refractivity (Wildman–Crippen MR) is 105 cm³/mol. The lowest BCUT2D eigenvalue weighted by Gasteiger charge is -2.27. The molecule has 0 bridgehead atoms. The van der Waals surface area contributed by atoms with Gasteiger partial charge in [-0.1, -0.05) is 11.8 Å². The summed E-state index contributed by atoms with van der Waals surface area (Å²) >= 11 is 2.76. The van der Waals surface area contributed by atoms with Crippen LogP contribution in [0.5, 0.6) is 0 Å². The molecule has 2 aliphatic rings. The Hall–Kier alpha value is -1.92. The summed E-state index contributed by atoms with van der Waals surface area (Å²) in [5.41, 5.74) is 0.843. The van der Waals surface area contributed by atoms with Crippen molar-refractivity contribution in [2.24, 2.45) is 0 Å². The average Bonchev–Trinajstić information content (AvgIpc) is 3.30. The van der Waals surface area contributed by atoms with E-state index in [4.69, 9.17) is 0 Å². The van der Waals surface area contributed by atoms with E-state index >= 15 is 0 Å². The largest absolute Gasteiger partial charge is 0.341 e. The number of thiazole rings is 1. The van der Waals surface area contributed by atoms with Crippen LogP contribution in [0, 0.1) is 18.3 Å². The molecule has 1 atom stereocenters. The van der Waals surface area contributed by atoms with Crippen molar-refractivity contribution in [1.29, 1.82) is 5.26 Å². The van der Waals surface area contributed by atoms with Gasteiger partial charge in [0, 0.05) is 30.2 Å². The minimum absolute atomic E-state index is 0.123. The standard InChI is InChI=1S/C18H22N6OS2/c1-12-10-26-16(20-12)14(9-19)15(25)11-27-18-22-21-17(24(18)13-5-6-13)23-7-3-2-4-8-23/h10,13-14H,2-8,11H2,1H3. The highest BCUT2D eigenvalue weighted by molar-refractivity contribution is 7.99. The van der Waals surface area contributed by atoms with Gasteiger partial charge < -0.3 is 4.90 Å². The average molecular weight is 403 g/mol. The Labute approximate surface area is 166 Å². The number of thioether (sulfide) groups is 1. The zero-order chi connectivity index (χ0) is 18.8. The number of rotatable bonds is 7. The van der Waals surface area contributed by atoms with E-state index in [1.807, 2.05) is 12.3 Å². The molecule has 0 radical (unpaired) electrons. The molecule has 1 saturated carbocycles. The second-order valence-electron chi connectivity index (χ2n) is 7.08. The Bertz CT molecular complexity index is 860. The fraction of sp³-hybridized carbons (Fsp3) is 0.611. The molecule has 2 aromatic heterocycles. The third-order valence-electron chi connectivity index (χ3n) is 4.88. The van der Waals surface area contributed by atoms with Gasteiger partial charge in [-0.3, -0.25) is 9.36 Å². The van der Waals surface area contributed by atoms with Crippen LogP contribution >= 0.6 is 23.1 Å². The highest BCUT2D eigenvalue weighted by Crippen LogP contribution is 2.41. The third-order valence-corrected chi connectivity index (χ3v) is 6.87. The number of hydrogen-bond acceptors (Lipinski definition) is 8. The summed E-state index contributed by atoms with van der Waals surface area (Å²) < 4.78 is 2.21. The summed E-state index contributed by atoms with van der Waals surface area (Å²) in [6.07, 6.45) is 5.93. The number of piperidine rings is 1. The number of ketones is 1. The number of Topliss-reactive ketones (excluding diaryl/α,β-unsaturated/α-hetero) is 1. The summed E-state index contributed by atoms with van der Waals surface area (Å²) in [7, 11) is 0. The maximum absolute atomic E-state index is 12.6. The molecule has 3 heterocycles. The van der Waals surface area contributed by atoms with Gasteiger partial charge in [0.25, 0.3) is 0 Å². The number of aryl methyl sites for hydroxylation is 1. The maximum atomic E-state index is 12.6. The smallest absolute Gasteiger partial charge is 0.228 e. The number of aromatic nitrogens is 4. The molecule has 4 rings (SSSR count). The number of carbonyl (C=O) groups is 1. The van der Waals surface area contributed by atoms with Crippen molar-refractivity contribution < 1.29 is 4.79 Å². The summed E-state index contributed by atoms with van der Waals surface area (Å²) in [6, 6.07) is 2.56. The molecule has 0 spiro atoms. The molecule has 27 heavy (non-hydrogen) atoms. The zero-order valence-electron chi connectivity index (χ0n) is 15.3. The van der Waals surface area contributed by atoms with Crippen LogP contribution in [0.4, 0.5) is 5.95 Å². The quantitative estimate of drug-likeness (QED) is 0.656. The van der Waals surface area contributed by atoms with Crippen LogP contribution in [0.25, 0.3) is 0 Å². The second kappa shape index (κ2) is 7.98. The molecule has 1 saturated heterocycles. The molecule has 142 valence electrons. The topological polar surface area (TPSA) is 87.7 Å². The molecule has 0 N–H and O–H groups in total. The van der Waals surface area contributed by atoms with Crippen LogP contribution in [0.1, 0.15) is 54.8 Å². The van der Waals surface area contributed by atoms with Gasteiger partial charge in [0.05, 0.1) is 11.8 Å². The fourth-order valence-electron chi connectivity index (χ4n) is 3.32. The van der Waals surface area contributed by atoms with E-state index in [0.29, 0.717) is 11.0 Å². The molecular formula is C18H22N6OS2. The number of nitriles is 1. The summed E-state index contributed by atoms with van der Waals surface area (Å²) in [5, 5.41) is 21.5. The maximum Gasteiger partial charge on any atom is 0.228 e. The SMILES string of the molecule is Cc1csc(C(C#N)C(=O)CSc2nnc(N3CCCCC3)n2C2CC2)n1. The van der Waals surface area contributed by atoms with E-state index in [9.17, 15) is 10.1 Å². The lowest BCUT2D eigenvalue weighted by atomic mass is 10.1. The summed E-state index contributed by atoms with van der Waals surface area (Å²) in [5.74, 6) is 0.234. The molecule has 2 fully saturated rings. The Balaban J connectivity index is 1.47. The van der Waals surface area contributed by atoms with Gasteiger partial charge in [-0.2, -0.15) is 5.26 Å². The molecule has 1 aliphatic carbocycles. The van der Waals surface area contributed by atoms with Crippen molar-refractivity contribution >= 4 is 34.8 Å². The minimum atomic E-state index is -0.796. The molecule has 1 aliphatic heterocycles. The van der Waals surface area contributed by atoms with Crippen molar-refractivity contribution in [3.63, 3.8) is 0 Å². The predicted octanol–water partition coefficient (Wildman–Crippen LogP) is 3.34. The molecule has 1 unspecified atom stereocenters. The van der Waals surface area contributed by atoms with E-state index in [1.54, 1.807) is 0 Å². The van der Waals surface area contributed by atoms with Gasteiger partial charge in [-0.15, -0.1) is 21.5 Å². The van der Waals surface area contributed by atoms with Crippen LogP contribution in [-0.2, 0) is 4.79 Å². The van der Waals surface area contributed by atoms with E-state index < -0.39 is 5.92 Å². The van der Waals surface area contributed by atoms with Crippen LogP contribution in [0.3, 0.4) is 0 Å². The number of anilines is 1. The second-order valence-corrected chi connectivity index (χ2v) is 8.91. The molecular weight excluding hydrogens is 380 g/mol. The first-order valence-corrected chi connectivity index (χ1v) is 11.2. The molecule has 0 amide bonds. The third kappa shape index (κ3) is 4.01. The van der Waals surface area contributed by atoms with Crippen LogP contribution < -0.4 is 4.90 Å². The number of nitrogens with zero attached hydrogens (tertiary/aromatic N) is 6. The fourth-order valence-corrected chi connectivity index (χ4v) is 5.09. The van der Waals surface area contributed by atoms with Crippen molar-refractivity contribution in [3.05, 3.63) is 16.1 Å². The Kier molecular flexibility index (Phi) is 5.45. The Morgan fingerprint density at radius 1 is 1.37 bits per heavy atom. The highest BCUT2D eigenvalue weighted by Gasteiger charge is 2.33. The Morgan fingerprint density at radius 3 is 2.78 bits per heavy atom. The first kappa shape index (κ1) is 18.4. The van der Waals surface area contributed by atoms with Gasteiger partial charge in [0.15, 0.2) is 16.9 Å². The van der Waals surface area contributed by atoms with Gasteiger partial charge in [0.2, 0.25) is 5.95 Å². The lowest BCUT2D eigenvalue weighted by Crippen LogP contribution is -2.32. The molecule has 7 nitrogen and oxygen atoms in total. The molecule has 2 aromatic rings. The lowest BCUT2D eigenvalue weighted by molar-refractivity contribution is -0.116. The Morgan fingerprint density at radius 2 is 2.15 bits per heavy atom. The van der Waals surface area contributed by atoms with Crippen LogP contribution in [0.15, 0.2) is 10.5 Å². The van der Waals surface area contributed by atoms with Crippen molar-refractivity contribution in [2.75, 3.05) is 23.7 Å². The normalized spacial score (nSPS) is 18.3. The van der Waals surface area contributed by atoms with E-state index in [0.717, 1.165) is 42.7 Å². The molecule has 9 heteroatoms. The van der Waals surface area contributed by atoms with Crippen LogP contribution in [-0.4, -0.2) is 44.4 Å². The zero-order valence-corrected chi connectivity index (χ0v) is 16.9. The summed E-state index contributed by atoms with van der Waals surface area (Å²) in [4.78, 5) is 19.2. The molecule has 0 aromatic carbocycles. The van der Waals surface area contributed by atoms with Gasteiger partial charge in [-0.05, 0) is 39.0 Å². The van der Waals surface area contributed by atoms with E-state index in [-0.39, 0.29) is 11.5 Å². The number of hydrogen-bond donors (Lipinski definition) is 0. The first-order chi connectivity index (χ1) is 13.2. The van der Waals surface area contributed by atoms with Crippen LogP contribution in [0.2, 0.25) is 0 Å².